The van der Waals surface area contributed by atoms with Crippen LogP contribution in [-0.2, 0) is 16.6 Å². The van der Waals surface area contributed by atoms with Crippen LogP contribution in [0.1, 0.15) is 10.4 Å². The van der Waals surface area contributed by atoms with E-state index in [0.717, 1.165) is 0 Å². The van der Waals surface area contributed by atoms with Crippen LogP contribution in [0.25, 0.3) is 11.0 Å². The first-order chi connectivity index (χ1) is 8.93. The summed E-state index contributed by atoms with van der Waals surface area (Å²) in [7, 11) is -2.01. The molecule has 0 saturated carbocycles. The Kier molecular flexibility index (Phi) is 3.49. The summed E-state index contributed by atoms with van der Waals surface area (Å²) < 4.78 is 26.2. The van der Waals surface area contributed by atoms with E-state index in [1.807, 2.05) is 0 Å². The number of aromatic nitrogens is 3. The number of hydrogen-bond donors (Lipinski definition) is 2. The molecule has 0 amide bonds. The lowest BCUT2D eigenvalue weighted by Gasteiger charge is -2.03. The molecule has 0 radical (unpaired) electrons. The van der Waals surface area contributed by atoms with E-state index in [0.29, 0.717) is 11.0 Å². The highest BCUT2D eigenvalue weighted by molar-refractivity contribution is 7.89. The van der Waals surface area contributed by atoms with E-state index in [2.05, 4.69) is 15.0 Å². The first kappa shape index (κ1) is 13.4. The number of nitrogens with zero attached hydrogens (tertiary/aromatic N) is 3. The Bertz CT molecular complexity index is 722. The van der Waals surface area contributed by atoms with Crippen molar-refractivity contribution in [3.8, 4) is 0 Å². The molecule has 19 heavy (non-hydrogen) atoms. The van der Waals surface area contributed by atoms with Gasteiger partial charge >= 0.3 is 5.97 Å². The second-order valence-electron chi connectivity index (χ2n) is 3.84. The Morgan fingerprint density at radius 3 is 2.84 bits per heavy atom. The summed E-state index contributed by atoms with van der Waals surface area (Å²) in [6.07, 6.45) is 0. The van der Waals surface area contributed by atoms with E-state index in [1.54, 1.807) is 0 Å². The maximum absolute atomic E-state index is 11.3. The SMILES string of the molecule is CNS(=O)(=O)CCn1nnc2ccc(C(=O)O)cc21. The zero-order chi connectivity index (χ0) is 14.0. The molecule has 2 N–H and O–H groups in total. The second kappa shape index (κ2) is 4.94. The highest BCUT2D eigenvalue weighted by atomic mass is 32.2. The minimum absolute atomic E-state index is 0.0999. The monoisotopic (exact) mass is 284 g/mol. The van der Waals surface area contributed by atoms with Gasteiger partial charge in [-0.15, -0.1) is 5.10 Å². The molecule has 0 spiro atoms. The highest BCUT2D eigenvalue weighted by Gasteiger charge is 2.12. The molecule has 0 atom stereocenters. The normalized spacial score (nSPS) is 11.8. The number of sulfonamides is 1. The highest BCUT2D eigenvalue weighted by Crippen LogP contribution is 2.13. The molecule has 9 heteroatoms. The number of carboxylic acids is 1. The number of rotatable bonds is 5. The molecule has 1 heterocycles. The smallest absolute Gasteiger partial charge is 0.335 e. The van der Waals surface area contributed by atoms with Crippen molar-refractivity contribution in [3.63, 3.8) is 0 Å². The maximum atomic E-state index is 11.3. The topological polar surface area (TPSA) is 114 Å². The number of nitrogens with one attached hydrogen (secondary N) is 1. The fourth-order valence-corrected chi connectivity index (χ4v) is 2.19. The maximum Gasteiger partial charge on any atom is 0.335 e. The minimum atomic E-state index is -3.35. The van der Waals surface area contributed by atoms with Crippen molar-refractivity contribution in [2.75, 3.05) is 12.8 Å². The number of benzene rings is 1. The van der Waals surface area contributed by atoms with Crippen LogP contribution in [0.2, 0.25) is 0 Å². The average Bonchev–Trinajstić information content (AvgIpc) is 2.78. The third-order valence-electron chi connectivity index (χ3n) is 2.64. The molecule has 2 rings (SSSR count). The van der Waals surface area contributed by atoms with E-state index in [4.69, 9.17) is 5.11 Å². The van der Waals surface area contributed by atoms with Crippen LogP contribution in [0.3, 0.4) is 0 Å². The molecule has 0 fully saturated rings. The predicted molar refractivity (Wildman–Crippen MR) is 67.3 cm³/mol. The molecule has 0 aliphatic rings. The summed E-state index contributed by atoms with van der Waals surface area (Å²) in [5.41, 5.74) is 1.12. The number of hydrogen-bond acceptors (Lipinski definition) is 5. The van der Waals surface area contributed by atoms with Gasteiger partial charge in [-0.1, -0.05) is 5.21 Å². The number of carbonyl (C=O) groups is 1. The standard InChI is InChI=1S/C10H12N4O4S/c1-11-19(17,18)5-4-14-9-6-7(10(15)16)2-3-8(9)12-13-14/h2-3,6,11H,4-5H2,1H3,(H,15,16). The van der Waals surface area contributed by atoms with Gasteiger partial charge in [0.05, 0.1) is 23.4 Å². The lowest BCUT2D eigenvalue weighted by Crippen LogP contribution is -2.25. The van der Waals surface area contributed by atoms with Gasteiger partial charge in [0, 0.05) is 0 Å². The Balaban J connectivity index is 2.33. The largest absolute Gasteiger partial charge is 0.478 e. The lowest BCUT2D eigenvalue weighted by atomic mass is 10.2. The number of aryl methyl sites for hydroxylation is 1. The van der Waals surface area contributed by atoms with Gasteiger partial charge < -0.3 is 5.11 Å². The van der Waals surface area contributed by atoms with E-state index < -0.39 is 16.0 Å². The van der Waals surface area contributed by atoms with Gasteiger partial charge in [-0.05, 0) is 25.2 Å². The molecule has 2 aromatic rings. The molecule has 0 bridgehead atoms. The van der Waals surface area contributed by atoms with E-state index >= 15 is 0 Å². The van der Waals surface area contributed by atoms with E-state index in [1.165, 1.54) is 29.9 Å². The van der Waals surface area contributed by atoms with Crippen LogP contribution in [0.15, 0.2) is 18.2 Å². The molecular formula is C10H12N4O4S. The van der Waals surface area contributed by atoms with Gasteiger partial charge in [-0.25, -0.2) is 22.6 Å². The number of carboxylic acid groups (broad SMARTS) is 1. The van der Waals surface area contributed by atoms with Crippen molar-refractivity contribution < 1.29 is 18.3 Å². The van der Waals surface area contributed by atoms with E-state index in [9.17, 15) is 13.2 Å². The zero-order valence-electron chi connectivity index (χ0n) is 10.1. The number of fused-ring (bicyclic) bond motifs is 1. The molecule has 0 saturated heterocycles. The van der Waals surface area contributed by atoms with Gasteiger partial charge in [-0.2, -0.15) is 0 Å². The lowest BCUT2D eigenvalue weighted by molar-refractivity contribution is 0.0697. The first-order valence-corrected chi connectivity index (χ1v) is 7.06. The molecule has 1 aromatic carbocycles. The van der Waals surface area contributed by atoms with Crippen molar-refractivity contribution in [3.05, 3.63) is 23.8 Å². The Morgan fingerprint density at radius 2 is 2.21 bits per heavy atom. The molecule has 0 aliphatic carbocycles. The predicted octanol–water partition coefficient (Wildman–Crippen LogP) is -0.321. The summed E-state index contributed by atoms with van der Waals surface area (Å²) in [5, 5.41) is 16.6. The van der Waals surface area contributed by atoms with E-state index in [-0.39, 0.29) is 17.9 Å². The average molecular weight is 284 g/mol. The number of aromatic carboxylic acids is 1. The summed E-state index contributed by atoms with van der Waals surface area (Å²) in [6, 6.07) is 4.38. The van der Waals surface area contributed by atoms with Crippen LogP contribution in [0.4, 0.5) is 0 Å². The minimum Gasteiger partial charge on any atom is -0.478 e. The van der Waals surface area contributed by atoms with Gasteiger partial charge in [0.1, 0.15) is 5.52 Å². The van der Waals surface area contributed by atoms with Crippen LogP contribution in [-0.4, -0.2) is 47.3 Å². The van der Waals surface area contributed by atoms with Crippen molar-refractivity contribution in [1.82, 2.24) is 19.7 Å². The summed E-state index contributed by atoms with van der Waals surface area (Å²) in [6.45, 7) is 0.0999. The summed E-state index contributed by atoms with van der Waals surface area (Å²) in [5.74, 6) is -1.21. The summed E-state index contributed by atoms with van der Waals surface area (Å²) in [4.78, 5) is 10.9. The molecule has 8 nitrogen and oxygen atoms in total. The Hall–Kier alpha value is -2.00. The molecular weight excluding hydrogens is 272 g/mol. The third kappa shape index (κ3) is 2.88. The first-order valence-electron chi connectivity index (χ1n) is 5.41. The quantitative estimate of drug-likeness (QED) is 0.777. The van der Waals surface area contributed by atoms with Crippen LogP contribution in [0.5, 0.6) is 0 Å². The summed E-state index contributed by atoms with van der Waals surface area (Å²) >= 11 is 0. The zero-order valence-corrected chi connectivity index (χ0v) is 10.9. The van der Waals surface area contributed by atoms with Crippen molar-refractivity contribution in [2.45, 2.75) is 6.54 Å². The van der Waals surface area contributed by atoms with Crippen molar-refractivity contribution in [2.24, 2.45) is 0 Å². The van der Waals surface area contributed by atoms with Gasteiger partial charge in [0.25, 0.3) is 0 Å². The Labute approximate surface area is 109 Å². The van der Waals surface area contributed by atoms with Gasteiger partial charge in [-0.3, -0.25) is 0 Å². The molecule has 0 unspecified atom stereocenters. The molecule has 0 aliphatic heterocycles. The fraction of sp³-hybridized carbons (Fsp3) is 0.300. The fourth-order valence-electron chi connectivity index (χ4n) is 1.57. The molecule has 1 aromatic heterocycles. The van der Waals surface area contributed by atoms with Crippen molar-refractivity contribution >= 4 is 27.0 Å². The molecule has 102 valence electrons. The Morgan fingerprint density at radius 1 is 1.47 bits per heavy atom. The van der Waals surface area contributed by atoms with Crippen LogP contribution >= 0.6 is 0 Å². The van der Waals surface area contributed by atoms with Gasteiger partial charge in [0.15, 0.2) is 0 Å². The third-order valence-corrected chi connectivity index (χ3v) is 3.99. The second-order valence-corrected chi connectivity index (χ2v) is 5.89. The van der Waals surface area contributed by atoms with Gasteiger partial charge in [0.2, 0.25) is 10.0 Å². The van der Waals surface area contributed by atoms with Crippen LogP contribution < -0.4 is 4.72 Å². The van der Waals surface area contributed by atoms with Crippen LogP contribution in [0, 0.1) is 0 Å². The van der Waals surface area contributed by atoms with Crippen molar-refractivity contribution in [1.29, 1.82) is 0 Å².